The highest BCUT2D eigenvalue weighted by molar-refractivity contribution is 5.25. The van der Waals surface area contributed by atoms with Crippen LogP contribution in [0.15, 0.2) is 72.7 Å². The highest BCUT2D eigenvalue weighted by atomic mass is 14.9. The van der Waals surface area contributed by atoms with E-state index in [2.05, 4.69) is 140 Å². The Balaban J connectivity index is 2.42. The minimum absolute atomic E-state index is 0.211. The van der Waals surface area contributed by atoms with Crippen molar-refractivity contribution in [2.24, 2.45) is 22.2 Å². The first-order chi connectivity index (χ1) is 17.4. The van der Waals surface area contributed by atoms with E-state index in [9.17, 15) is 0 Å². The van der Waals surface area contributed by atoms with Crippen molar-refractivity contribution in [2.75, 3.05) is 6.54 Å². The Kier molecular flexibility index (Phi) is 15.0. The number of hydrogen-bond donors (Lipinski definition) is 2. The summed E-state index contributed by atoms with van der Waals surface area (Å²) < 4.78 is 0. The summed E-state index contributed by atoms with van der Waals surface area (Å²) in [5.41, 5.74) is 2.04. The predicted molar refractivity (Wildman–Crippen MR) is 168 cm³/mol. The van der Waals surface area contributed by atoms with Crippen LogP contribution in [0.2, 0.25) is 0 Å². The van der Waals surface area contributed by atoms with Gasteiger partial charge in [0, 0.05) is 18.3 Å². The van der Waals surface area contributed by atoms with Gasteiger partial charge in [-0.25, -0.2) is 0 Å². The molecule has 0 amide bonds. The Labute approximate surface area is 231 Å². The number of rotatable bonds is 18. The highest BCUT2D eigenvalue weighted by Gasteiger charge is 2.20. The third-order valence-corrected chi connectivity index (χ3v) is 7.47. The molecule has 0 aromatic heterocycles. The van der Waals surface area contributed by atoms with Crippen LogP contribution in [0.5, 0.6) is 0 Å². The zero-order chi connectivity index (χ0) is 27.8. The van der Waals surface area contributed by atoms with Gasteiger partial charge in [0.15, 0.2) is 0 Å². The molecule has 0 aromatic carbocycles. The van der Waals surface area contributed by atoms with Crippen molar-refractivity contribution in [3.63, 3.8) is 0 Å². The van der Waals surface area contributed by atoms with Gasteiger partial charge in [-0.1, -0.05) is 104 Å². The SMILES string of the molecule is C/C=C/CC(C)CCC(C)(C)C/C=C/NC1C=C(NC/C=C/C(C)(C)CCC(C)(C)/C=C/CC)C=CC1. The van der Waals surface area contributed by atoms with Gasteiger partial charge in [-0.2, -0.15) is 0 Å². The fraction of sp³-hybridized carbons (Fsp3) is 0.657. The summed E-state index contributed by atoms with van der Waals surface area (Å²) in [6.45, 7) is 21.7. The van der Waals surface area contributed by atoms with Gasteiger partial charge in [-0.15, -0.1) is 0 Å². The van der Waals surface area contributed by atoms with E-state index in [1.807, 2.05) is 0 Å². The van der Waals surface area contributed by atoms with E-state index in [1.165, 1.54) is 37.8 Å². The van der Waals surface area contributed by atoms with E-state index >= 15 is 0 Å². The maximum absolute atomic E-state index is 3.60. The van der Waals surface area contributed by atoms with Crippen LogP contribution in [0.1, 0.15) is 114 Å². The minimum Gasteiger partial charge on any atom is -0.385 e. The standard InChI is InChI=1S/C35H60N2/c1-10-12-17-30(3)20-24-33(4,5)22-15-27-36-31-18-14-19-32(29-31)37-28-16-23-35(8,9)26-25-34(6,7)21-13-11-2/h10,12-16,19,21,23,27,29-31,36-37H,11,17-18,20,22,24-26,28H2,1-9H3/b12-10+,21-13+,23-16+,27-15+. The van der Waals surface area contributed by atoms with Crippen molar-refractivity contribution in [1.82, 2.24) is 10.6 Å². The van der Waals surface area contributed by atoms with Crippen molar-refractivity contribution in [1.29, 1.82) is 0 Å². The number of allylic oxidation sites excluding steroid dienone is 7. The average Bonchev–Trinajstić information content (AvgIpc) is 2.85. The van der Waals surface area contributed by atoms with Gasteiger partial charge in [0.2, 0.25) is 0 Å². The summed E-state index contributed by atoms with van der Waals surface area (Å²) in [5, 5.41) is 7.18. The molecule has 2 nitrogen and oxygen atoms in total. The predicted octanol–water partition coefficient (Wildman–Crippen LogP) is 10.0. The van der Waals surface area contributed by atoms with Crippen LogP contribution in [-0.2, 0) is 0 Å². The molecule has 0 radical (unpaired) electrons. The lowest BCUT2D eigenvalue weighted by Gasteiger charge is -2.27. The summed E-state index contributed by atoms with van der Waals surface area (Å²) in [6, 6.07) is 0.353. The second-order valence-corrected chi connectivity index (χ2v) is 13.3. The Morgan fingerprint density at radius 3 is 2.27 bits per heavy atom. The lowest BCUT2D eigenvalue weighted by Crippen LogP contribution is -2.26. The fourth-order valence-electron chi connectivity index (χ4n) is 4.51. The van der Waals surface area contributed by atoms with Gasteiger partial charge in [0.1, 0.15) is 0 Å². The lowest BCUT2D eigenvalue weighted by atomic mass is 9.78. The maximum Gasteiger partial charge on any atom is 0.0496 e. The van der Waals surface area contributed by atoms with Crippen molar-refractivity contribution < 1.29 is 0 Å². The molecule has 2 unspecified atom stereocenters. The van der Waals surface area contributed by atoms with Crippen LogP contribution in [0.3, 0.4) is 0 Å². The van der Waals surface area contributed by atoms with E-state index in [0.717, 1.165) is 31.7 Å². The molecule has 0 saturated heterocycles. The van der Waals surface area contributed by atoms with Gasteiger partial charge < -0.3 is 10.6 Å². The molecule has 0 bridgehead atoms. The van der Waals surface area contributed by atoms with E-state index < -0.39 is 0 Å². The van der Waals surface area contributed by atoms with Gasteiger partial charge >= 0.3 is 0 Å². The summed E-state index contributed by atoms with van der Waals surface area (Å²) in [4.78, 5) is 0. The van der Waals surface area contributed by atoms with Crippen LogP contribution in [0.4, 0.5) is 0 Å². The molecule has 2 atom stereocenters. The third kappa shape index (κ3) is 16.5. The van der Waals surface area contributed by atoms with Gasteiger partial charge in [0.25, 0.3) is 0 Å². The Morgan fingerprint density at radius 2 is 1.62 bits per heavy atom. The minimum atomic E-state index is 0.211. The summed E-state index contributed by atoms with van der Waals surface area (Å²) in [6.07, 6.45) is 34.5. The molecule has 210 valence electrons. The number of nitrogens with one attached hydrogen (secondary N) is 2. The van der Waals surface area contributed by atoms with Crippen molar-refractivity contribution in [2.45, 2.75) is 120 Å². The van der Waals surface area contributed by atoms with E-state index in [4.69, 9.17) is 0 Å². The maximum atomic E-state index is 3.60. The van der Waals surface area contributed by atoms with Crippen LogP contribution in [0.25, 0.3) is 0 Å². The van der Waals surface area contributed by atoms with E-state index in [0.29, 0.717) is 11.5 Å². The van der Waals surface area contributed by atoms with Crippen LogP contribution < -0.4 is 10.6 Å². The molecule has 0 fully saturated rings. The third-order valence-electron chi connectivity index (χ3n) is 7.47. The number of hydrogen-bond acceptors (Lipinski definition) is 2. The smallest absolute Gasteiger partial charge is 0.0496 e. The average molecular weight is 509 g/mol. The molecular weight excluding hydrogens is 448 g/mol. The molecule has 1 aliphatic carbocycles. The summed E-state index contributed by atoms with van der Waals surface area (Å²) in [7, 11) is 0. The van der Waals surface area contributed by atoms with Crippen LogP contribution in [-0.4, -0.2) is 12.6 Å². The molecule has 2 heteroatoms. The molecular formula is C35H60N2. The van der Waals surface area contributed by atoms with Gasteiger partial charge in [-0.3, -0.25) is 0 Å². The Bertz CT molecular complexity index is 801. The monoisotopic (exact) mass is 508 g/mol. The topological polar surface area (TPSA) is 24.1 Å². The molecule has 0 saturated carbocycles. The van der Waals surface area contributed by atoms with Crippen molar-refractivity contribution >= 4 is 0 Å². The Hall–Kier alpha value is -1.96. The van der Waals surface area contributed by atoms with Crippen LogP contribution in [0, 0.1) is 22.2 Å². The van der Waals surface area contributed by atoms with Gasteiger partial charge in [-0.05, 0) is 98.8 Å². The normalized spacial score (nSPS) is 18.4. The molecule has 1 rings (SSSR count). The second-order valence-electron chi connectivity index (χ2n) is 13.3. The zero-order valence-corrected chi connectivity index (χ0v) is 25.9. The van der Waals surface area contributed by atoms with Crippen molar-refractivity contribution in [3.05, 3.63) is 72.7 Å². The van der Waals surface area contributed by atoms with E-state index in [-0.39, 0.29) is 10.8 Å². The summed E-state index contributed by atoms with van der Waals surface area (Å²) >= 11 is 0. The first-order valence-electron chi connectivity index (χ1n) is 14.9. The molecule has 0 spiro atoms. The van der Waals surface area contributed by atoms with E-state index in [1.54, 1.807) is 0 Å². The zero-order valence-electron chi connectivity index (χ0n) is 25.9. The van der Waals surface area contributed by atoms with Crippen molar-refractivity contribution in [3.8, 4) is 0 Å². The molecule has 2 N–H and O–H groups in total. The molecule has 0 aromatic rings. The molecule has 0 aliphatic heterocycles. The Morgan fingerprint density at radius 1 is 0.946 bits per heavy atom. The largest absolute Gasteiger partial charge is 0.385 e. The molecule has 0 heterocycles. The molecule has 37 heavy (non-hydrogen) atoms. The highest BCUT2D eigenvalue weighted by Crippen LogP contribution is 2.33. The van der Waals surface area contributed by atoms with Gasteiger partial charge in [0.05, 0.1) is 0 Å². The first-order valence-corrected chi connectivity index (χ1v) is 14.9. The second kappa shape index (κ2) is 16.8. The first kappa shape index (κ1) is 33.1. The summed E-state index contributed by atoms with van der Waals surface area (Å²) in [5.74, 6) is 0.767. The fourth-order valence-corrected chi connectivity index (χ4v) is 4.51. The van der Waals surface area contributed by atoms with Crippen LogP contribution >= 0.6 is 0 Å². The quantitative estimate of drug-likeness (QED) is 0.180. The molecule has 1 aliphatic rings. The lowest BCUT2D eigenvalue weighted by molar-refractivity contribution is 0.302.